The number of nitrogens with zero attached hydrogens (tertiary/aromatic N) is 5. The van der Waals surface area contributed by atoms with Crippen LogP contribution in [0.4, 0.5) is 24.9 Å². The van der Waals surface area contributed by atoms with Gasteiger partial charge < -0.3 is 15.1 Å². The number of benzene rings is 1. The normalized spacial score (nSPS) is 22.2. The highest BCUT2D eigenvalue weighted by Gasteiger charge is 2.33. The molecule has 1 N–H and O–H groups in total. The average molecular weight is 517 g/mol. The Hall–Kier alpha value is -2.88. The van der Waals surface area contributed by atoms with E-state index in [2.05, 4.69) is 20.1 Å². The number of aromatic nitrogens is 2. The van der Waals surface area contributed by atoms with E-state index in [1.165, 1.54) is 37.8 Å². The zero-order valence-electron chi connectivity index (χ0n) is 21.1. The van der Waals surface area contributed by atoms with Crippen molar-refractivity contribution in [3.8, 4) is 0 Å². The molecule has 4 heterocycles. The molecule has 0 aliphatic carbocycles. The topological polar surface area (TPSA) is 64.6 Å². The van der Waals surface area contributed by atoms with Crippen LogP contribution in [0, 0.1) is 0 Å². The fraction of sp³-hybridized carbons (Fsp3) is 0.593. The summed E-state index contributed by atoms with van der Waals surface area (Å²) < 4.78 is 38.4. The van der Waals surface area contributed by atoms with E-state index in [0.717, 1.165) is 63.4 Å². The molecule has 1 amide bonds. The van der Waals surface area contributed by atoms with Gasteiger partial charge in [-0.15, -0.1) is 0 Å². The summed E-state index contributed by atoms with van der Waals surface area (Å²) in [5, 5.41) is 3.53. The Labute approximate surface area is 216 Å². The number of anilines is 2. The Morgan fingerprint density at radius 1 is 0.892 bits per heavy atom. The van der Waals surface area contributed by atoms with E-state index in [1.54, 1.807) is 4.90 Å². The molecular formula is C27H35F3N6O. The van der Waals surface area contributed by atoms with Crippen molar-refractivity contribution in [1.82, 2.24) is 19.8 Å². The van der Waals surface area contributed by atoms with Crippen molar-refractivity contribution in [2.24, 2.45) is 0 Å². The van der Waals surface area contributed by atoms with E-state index in [4.69, 9.17) is 4.98 Å². The molecule has 3 saturated heterocycles. The van der Waals surface area contributed by atoms with Crippen LogP contribution in [0.2, 0.25) is 0 Å². The summed E-state index contributed by atoms with van der Waals surface area (Å²) in [6, 6.07) is 7.18. The van der Waals surface area contributed by atoms with Crippen LogP contribution in [0.1, 0.15) is 60.9 Å². The third-order valence-corrected chi connectivity index (χ3v) is 7.85. The molecule has 2 aromatic rings. The summed E-state index contributed by atoms with van der Waals surface area (Å²) >= 11 is 0. The highest BCUT2D eigenvalue weighted by molar-refractivity contribution is 5.94. The highest BCUT2D eigenvalue weighted by atomic mass is 19.4. The maximum Gasteiger partial charge on any atom is 0.416 e. The molecule has 1 aromatic carbocycles. The van der Waals surface area contributed by atoms with E-state index in [1.807, 2.05) is 12.3 Å². The number of piperidine rings is 1. The summed E-state index contributed by atoms with van der Waals surface area (Å²) in [5.41, 5.74) is -0.432. The van der Waals surface area contributed by atoms with Crippen molar-refractivity contribution in [3.05, 3.63) is 47.7 Å². The molecule has 1 atom stereocenters. The van der Waals surface area contributed by atoms with Crippen LogP contribution in [0.15, 0.2) is 36.5 Å². The van der Waals surface area contributed by atoms with E-state index in [9.17, 15) is 18.0 Å². The number of likely N-dealkylation sites (tertiary alicyclic amines) is 2. The van der Waals surface area contributed by atoms with Crippen LogP contribution in [-0.4, -0.2) is 77.0 Å². The molecule has 0 bridgehead atoms. The second kappa shape index (κ2) is 11.2. The Kier molecular flexibility index (Phi) is 7.83. The number of hydrogen-bond donors (Lipinski definition) is 1. The molecular weight excluding hydrogens is 481 g/mol. The van der Waals surface area contributed by atoms with Gasteiger partial charge in [-0.05, 0) is 62.4 Å². The molecule has 200 valence electrons. The van der Waals surface area contributed by atoms with Gasteiger partial charge in [0.1, 0.15) is 5.82 Å². The predicted molar refractivity (Wildman–Crippen MR) is 137 cm³/mol. The van der Waals surface area contributed by atoms with Crippen LogP contribution < -0.4 is 10.2 Å². The number of carbonyl (C=O) groups is 1. The zero-order chi connectivity index (χ0) is 25.8. The number of alkyl halides is 3. The van der Waals surface area contributed by atoms with Crippen LogP contribution in [0.3, 0.4) is 0 Å². The van der Waals surface area contributed by atoms with Gasteiger partial charge in [0.2, 0.25) is 5.95 Å². The SMILES string of the molecule is O=C(c1ccc(C(F)(F)F)cc1)N1CCC(N2CCC(Nc3nccc(N4CCCCCC4)n3)C2)CC1. The van der Waals surface area contributed by atoms with Crippen molar-refractivity contribution in [1.29, 1.82) is 0 Å². The first-order valence-electron chi connectivity index (χ1n) is 13.4. The molecule has 1 aromatic heterocycles. The van der Waals surface area contributed by atoms with Crippen LogP contribution in [0.5, 0.6) is 0 Å². The monoisotopic (exact) mass is 516 g/mol. The average Bonchev–Trinajstić information content (AvgIpc) is 3.19. The number of hydrogen-bond acceptors (Lipinski definition) is 6. The second-order valence-corrected chi connectivity index (χ2v) is 10.4. The Bertz CT molecular complexity index is 1050. The summed E-state index contributed by atoms with van der Waals surface area (Å²) in [7, 11) is 0. The lowest BCUT2D eigenvalue weighted by Crippen LogP contribution is -2.46. The van der Waals surface area contributed by atoms with Crippen molar-refractivity contribution < 1.29 is 18.0 Å². The molecule has 0 radical (unpaired) electrons. The van der Waals surface area contributed by atoms with Crippen LogP contribution in [0.25, 0.3) is 0 Å². The molecule has 0 saturated carbocycles. The van der Waals surface area contributed by atoms with Crippen molar-refractivity contribution in [2.75, 3.05) is 49.5 Å². The first kappa shape index (κ1) is 25.8. The van der Waals surface area contributed by atoms with E-state index in [-0.39, 0.29) is 11.9 Å². The molecule has 1 unspecified atom stereocenters. The molecule has 7 nitrogen and oxygen atoms in total. The van der Waals surface area contributed by atoms with Crippen LogP contribution >= 0.6 is 0 Å². The molecule has 37 heavy (non-hydrogen) atoms. The van der Waals surface area contributed by atoms with Gasteiger partial charge >= 0.3 is 6.18 Å². The highest BCUT2D eigenvalue weighted by Crippen LogP contribution is 2.30. The number of rotatable bonds is 5. The fourth-order valence-electron chi connectivity index (χ4n) is 5.73. The number of halogens is 3. The molecule has 3 aliphatic heterocycles. The third-order valence-electron chi connectivity index (χ3n) is 7.85. The predicted octanol–water partition coefficient (Wildman–Crippen LogP) is 4.67. The minimum absolute atomic E-state index is 0.199. The lowest BCUT2D eigenvalue weighted by atomic mass is 10.0. The van der Waals surface area contributed by atoms with Gasteiger partial charge in [0, 0.05) is 63.1 Å². The van der Waals surface area contributed by atoms with E-state index >= 15 is 0 Å². The molecule has 3 fully saturated rings. The maximum atomic E-state index is 12.8. The molecule has 3 aliphatic rings. The quantitative estimate of drug-likeness (QED) is 0.624. The lowest BCUT2D eigenvalue weighted by Gasteiger charge is -2.37. The van der Waals surface area contributed by atoms with Gasteiger partial charge in [-0.3, -0.25) is 9.69 Å². The summed E-state index contributed by atoms with van der Waals surface area (Å²) in [4.78, 5) is 28.7. The maximum absolute atomic E-state index is 12.8. The number of amides is 1. The third kappa shape index (κ3) is 6.34. The van der Waals surface area contributed by atoms with Gasteiger partial charge in [-0.25, -0.2) is 4.98 Å². The second-order valence-electron chi connectivity index (χ2n) is 10.4. The standard InChI is InChI=1S/C27H35F3N6O/c28-27(29,30)21-7-5-20(6-8-21)25(37)35-17-11-23(12-18-35)36-16-10-22(19-36)32-26-31-13-9-24(33-26)34-14-3-1-2-4-15-34/h5-9,13,22-23H,1-4,10-12,14-19H2,(H,31,32,33). The van der Waals surface area contributed by atoms with Gasteiger partial charge in [-0.2, -0.15) is 18.2 Å². The van der Waals surface area contributed by atoms with Crippen LogP contribution in [-0.2, 0) is 6.18 Å². The molecule has 0 spiro atoms. The zero-order valence-corrected chi connectivity index (χ0v) is 21.1. The first-order chi connectivity index (χ1) is 17.9. The largest absolute Gasteiger partial charge is 0.416 e. The summed E-state index contributed by atoms with van der Waals surface area (Å²) in [6.07, 6.45) is 5.16. The minimum Gasteiger partial charge on any atom is -0.356 e. The van der Waals surface area contributed by atoms with Gasteiger partial charge in [0.05, 0.1) is 5.56 Å². The Morgan fingerprint density at radius 2 is 1.59 bits per heavy atom. The van der Waals surface area contributed by atoms with E-state index < -0.39 is 11.7 Å². The van der Waals surface area contributed by atoms with Crippen molar-refractivity contribution in [2.45, 2.75) is 63.2 Å². The van der Waals surface area contributed by atoms with Crippen molar-refractivity contribution >= 4 is 17.7 Å². The van der Waals surface area contributed by atoms with Crippen molar-refractivity contribution in [3.63, 3.8) is 0 Å². The smallest absolute Gasteiger partial charge is 0.356 e. The van der Waals surface area contributed by atoms with Gasteiger partial charge in [-0.1, -0.05) is 12.8 Å². The van der Waals surface area contributed by atoms with Gasteiger partial charge in [0.25, 0.3) is 5.91 Å². The first-order valence-corrected chi connectivity index (χ1v) is 13.4. The molecule has 10 heteroatoms. The van der Waals surface area contributed by atoms with E-state index in [0.29, 0.717) is 30.6 Å². The fourth-order valence-corrected chi connectivity index (χ4v) is 5.73. The summed E-state index contributed by atoms with van der Waals surface area (Å²) in [5.74, 6) is 1.49. The molecule has 5 rings (SSSR count). The Morgan fingerprint density at radius 3 is 2.27 bits per heavy atom. The summed E-state index contributed by atoms with van der Waals surface area (Å²) in [6.45, 7) is 5.22. The Balaban J connectivity index is 1.10. The lowest BCUT2D eigenvalue weighted by molar-refractivity contribution is -0.137. The number of nitrogens with one attached hydrogen (secondary N) is 1. The van der Waals surface area contributed by atoms with Gasteiger partial charge in [0.15, 0.2) is 0 Å². The minimum atomic E-state index is -4.40. The number of carbonyl (C=O) groups excluding carboxylic acids is 1.